The zero-order valence-electron chi connectivity index (χ0n) is 22.1. The summed E-state index contributed by atoms with van der Waals surface area (Å²) in [6.45, 7) is 9.72. The summed E-state index contributed by atoms with van der Waals surface area (Å²) in [6, 6.07) is 7.24. The van der Waals surface area contributed by atoms with Gasteiger partial charge in [-0.3, -0.25) is 9.69 Å². The standard InChI is InChI=1S/C30H47N3O2/c1-24-8-5-16-32(24)17-7-19-35-29-15-14-28(33-18-6-11-30(33)34)20-27(29)23-31(22-26-12-13-26)21-25-9-3-2-4-10-25/h14-15,20,24-26H,2-13,16-19,21-23H2,1H3. The highest BCUT2D eigenvalue weighted by molar-refractivity contribution is 5.95. The van der Waals surface area contributed by atoms with Crippen LogP contribution in [-0.2, 0) is 11.3 Å². The van der Waals surface area contributed by atoms with Gasteiger partial charge in [0, 0.05) is 56.4 Å². The van der Waals surface area contributed by atoms with E-state index in [1.165, 1.54) is 83.0 Å². The molecule has 0 bridgehead atoms. The van der Waals surface area contributed by atoms with Crippen LogP contribution >= 0.6 is 0 Å². The van der Waals surface area contributed by atoms with Gasteiger partial charge in [0.05, 0.1) is 6.61 Å². The molecule has 0 aromatic heterocycles. The van der Waals surface area contributed by atoms with Crippen molar-refractivity contribution in [1.82, 2.24) is 9.80 Å². The Bertz CT molecular complexity index is 833. The quantitative estimate of drug-likeness (QED) is 0.350. The zero-order chi connectivity index (χ0) is 24.0. The van der Waals surface area contributed by atoms with E-state index in [9.17, 15) is 4.79 Å². The Morgan fingerprint density at radius 3 is 2.43 bits per heavy atom. The first-order chi connectivity index (χ1) is 17.2. The molecule has 4 fully saturated rings. The number of hydrogen-bond donors (Lipinski definition) is 0. The zero-order valence-corrected chi connectivity index (χ0v) is 22.1. The smallest absolute Gasteiger partial charge is 0.227 e. The molecule has 0 radical (unpaired) electrons. The Balaban J connectivity index is 1.27. The molecule has 1 atom stereocenters. The first-order valence-corrected chi connectivity index (χ1v) is 14.7. The van der Waals surface area contributed by atoms with Gasteiger partial charge in [-0.1, -0.05) is 19.3 Å². The van der Waals surface area contributed by atoms with E-state index in [1.807, 2.05) is 4.90 Å². The van der Waals surface area contributed by atoms with Crippen molar-refractivity contribution in [2.45, 2.75) is 96.6 Å². The van der Waals surface area contributed by atoms with Crippen molar-refractivity contribution in [3.05, 3.63) is 23.8 Å². The molecule has 0 spiro atoms. The van der Waals surface area contributed by atoms with Gasteiger partial charge >= 0.3 is 0 Å². The Hall–Kier alpha value is -1.59. The summed E-state index contributed by atoms with van der Waals surface area (Å²) in [6.07, 6.45) is 15.2. The van der Waals surface area contributed by atoms with Crippen LogP contribution in [0, 0.1) is 11.8 Å². The third-order valence-electron chi connectivity index (χ3n) is 8.82. The second-order valence-electron chi connectivity index (χ2n) is 11.8. The summed E-state index contributed by atoms with van der Waals surface area (Å²) in [4.78, 5) is 19.8. The summed E-state index contributed by atoms with van der Waals surface area (Å²) in [5.41, 5.74) is 2.33. The topological polar surface area (TPSA) is 36.0 Å². The maximum absolute atomic E-state index is 12.5. The second kappa shape index (κ2) is 12.1. The molecule has 5 heteroatoms. The average Bonchev–Trinajstić information content (AvgIpc) is 3.42. The van der Waals surface area contributed by atoms with E-state index in [2.05, 4.69) is 34.9 Å². The predicted octanol–water partition coefficient (Wildman–Crippen LogP) is 5.86. The summed E-state index contributed by atoms with van der Waals surface area (Å²) < 4.78 is 6.43. The second-order valence-corrected chi connectivity index (χ2v) is 11.8. The van der Waals surface area contributed by atoms with Crippen molar-refractivity contribution in [3.8, 4) is 5.75 Å². The number of hydrogen-bond acceptors (Lipinski definition) is 4. The number of ether oxygens (including phenoxy) is 1. The van der Waals surface area contributed by atoms with Crippen molar-refractivity contribution in [3.63, 3.8) is 0 Å². The van der Waals surface area contributed by atoms with Crippen LogP contribution in [-0.4, -0.2) is 61.1 Å². The fraction of sp³-hybridized carbons (Fsp3) is 0.767. The van der Waals surface area contributed by atoms with E-state index in [-0.39, 0.29) is 5.91 Å². The van der Waals surface area contributed by atoms with Crippen LogP contribution in [0.4, 0.5) is 5.69 Å². The lowest BCUT2D eigenvalue weighted by Gasteiger charge is -2.31. The average molecular weight is 482 g/mol. The van der Waals surface area contributed by atoms with Gasteiger partial charge in [-0.25, -0.2) is 0 Å². The molecule has 2 saturated carbocycles. The van der Waals surface area contributed by atoms with Crippen LogP contribution < -0.4 is 9.64 Å². The fourth-order valence-electron chi connectivity index (χ4n) is 6.54. The molecule has 194 valence electrons. The molecule has 1 aromatic carbocycles. The van der Waals surface area contributed by atoms with Gasteiger partial charge in [-0.2, -0.15) is 0 Å². The van der Waals surface area contributed by atoms with Gasteiger partial charge in [-0.05, 0) is 94.9 Å². The molecular weight excluding hydrogens is 434 g/mol. The number of carbonyl (C=O) groups is 1. The van der Waals surface area contributed by atoms with Crippen molar-refractivity contribution < 1.29 is 9.53 Å². The lowest BCUT2D eigenvalue weighted by Crippen LogP contribution is -2.32. The largest absolute Gasteiger partial charge is 0.493 e. The Morgan fingerprint density at radius 2 is 1.74 bits per heavy atom. The predicted molar refractivity (Wildman–Crippen MR) is 143 cm³/mol. The molecule has 35 heavy (non-hydrogen) atoms. The maximum Gasteiger partial charge on any atom is 0.227 e. The van der Waals surface area contributed by atoms with E-state index in [4.69, 9.17) is 4.74 Å². The summed E-state index contributed by atoms with van der Waals surface area (Å²) in [5.74, 6) is 3.02. The van der Waals surface area contributed by atoms with E-state index in [0.29, 0.717) is 6.42 Å². The molecule has 5 rings (SSSR count). The van der Waals surface area contributed by atoms with Gasteiger partial charge in [0.15, 0.2) is 0 Å². The molecule has 1 aromatic rings. The van der Waals surface area contributed by atoms with Gasteiger partial charge in [0.1, 0.15) is 5.75 Å². The number of likely N-dealkylation sites (tertiary alicyclic amines) is 1. The number of amides is 1. The maximum atomic E-state index is 12.5. The fourth-order valence-corrected chi connectivity index (χ4v) is 6.54. The number of rotatable bonds is 12. The van der Waals surface area contributed by atoms with E-state index < -0.39 is 0 Å². The van der Waals surface area contributed by atoms with Crippen molar-refractivity contribution in [2.24, 2.45) is 11.8 Å². The van der Waals surface area contributed by atoms with Crippen LogP contribution in [0.3, 0.4) is 0 Å². The van der Waals surface area contributed by atoms with Crippen LogP contribution in [0.15, 0.2) is 18.2 Å². The third kappa shape index (κ3) is 7.01. The lowest BCUT2D eigenvalue weighted by atomic mass is 9.89. The molecule has 2 aliphatic heterocycles. The van der Waals surface area contributed by atoms with Crippen molar-refractivity contribution in [2.75, 3.05) is 44.2 Å². The molecule has 1 unspecified atom stereocenters. The van der Waals surface area contributed by atoms with Gasteiger partial charge in [0.2, 0.25) is 5.91 Å². The molecule has 4 aliphatic rings. The monoisotopic (exact) mass is 481 g/mol. The molecule has 0 N–H and O–H groups in total. The number of anilines is 1. The van der Waals surface area contributed by atoms with Crippen LogP contribution in [0.25, 0.3) is 0 Å². The highest BCUT2D eigenvalue weighted by Crippen LogP contribution is 2.34. The summed E-state index contributed by atoms with van der Waals surface area (Å²) >= 11 is 0. The molecular formula is C30H47N3O2. The van der Waals surface area contributed by atoms with Crippen molar-refractivity contribution in [1.29, 1.82) is 0 Å². The SMILES string of the molecule is CC1CCCN1CCCOc1ccc(N2CCCC2=O)cc1CN(CC1CCCCC1)CC1CC1. The first kappa shape index (κ1) is 25.1. The number of nitrogens with zero attached hydrogens (tertiary/aromatic N) is 3. The Morgan fingerprint density at radius 1 is 0.943 bits per heavy atom. The normalized spacial score (nSPS) is 24.1. The summed E-state index contributed by atoms with van der Waals surface area (Å²) in [5, 5.41) is 0. The van der Waals surface area contributed by atoms with Crippen molar-refractivity contribution >= 4 is 11.6 Å². The Labute approximate surface area is 213 Å². The molecule has 2 aliphatic carbocycles. The van der Waals surface area contributed by atoms with Gasteiger partial charge in [0.25, 0.3) is 0 Å². The minimum Gasteiger partial charge on any atom is -0.493 e. The Kier molecular flexibility index (Phi) is 8.67. The minimum atomic E-state index is 0.265. The summed E-state index contributed by atoms with van der Waals surface area (Å²) in [7, 11) is 0. The van der Waals surface area contributed by atoms with E-state index >= 15 is 0 Å². The molecule has 2 heterocycles. The number of carbonyl (C=O) groups excluding carboxylic acids is 1. The highest BCUT2D eigenvalue weighted by Gasteiger charge is 2.28. The van der Waals surface area contributed by atoms with Gasteiger partial charge < -0.3 is 14.5 Å². The van der Waals surface area contributed by atoms with Crippen LogP contribution in [0.5, 0.6) is 5.75 Å². The van der Waals surface area contributed by atoms with E-state index in [0.717, 1.165) is 68.4 Å². The van der Waals surface area contributed by atoms with E-state index in [1.54, 1.807) is 0 Å². The molecule has 5 nitrogen and oxygen atoms in total. The first-order valence-electron chi connectivity index (χ1n) is 14.7. The highest BCUT2D eigenvalue weighted by atomic mass is 16.5. The molecule has 1 amide bonds. The minimum absolute atomic E-state index is 0.265. The lowest BCUT2D eigenvalue weighted by molar-refractivity contribution is -0.117. The third-order valence-corrected chi connectivity index (χ3v) is 8.82. The van der Waals surface area contributed by atoms with Crippen LogP contribution in [0.2, 0.25) is 0 Å². The number of benzene rings is 1. The van der Waals surface area contributed by atoms with Crippen LogP contribution in [0.1, 0.15) is 89.5 Å². The van der Waals surface area contributed by atoms with Gasteiger partial charge in [-0.15, -0.1) is 0 Å². The molecule has 2 saturated heterocycles.